The summed E-state index contributed by atoms with van der Waals surface area (Å²) in [5.74, 6) is 0.484. The van der Waals surface area contributed by atoms with E-state index in [9.17, 15) is 5.11 Å². The molecule has 1 aliphatic carbocycles. The van der Waals surface area contributed by atoms with Gasteiger partial charge in [-0.15, -0.1) is 21.5 Å². The molecule has 4 atom stereocenters. The number of phenols is 1. The van der Waals surface area contributed by atoms with Crippen molar-refractivity contribution in [1.29, 1.82) is 5.26 Å². The molecule has 10 heteroatoms. The van der Waals surface area contributed by atoms with E-state index < -0.39 is 11.7 Å². The Morgan fingerprint density at radius 2 is 2.14 bits per heavy atom. The topological polar surface area (TPSA) is 111 Å². The van der Waals surface area contributed by atoms with Crippen LogP contribution in [0.1, 0.15) is 51.1 Å². The SMILES string of the molecule is C[C@@]12CCCC(C[C@H](N(c3ncc(-c4ccc(-c5nc(C#N)cs5)cc4O)nn3)C3CC3)[C@@H]1F)N2. The van der Waals surface area contributed by atoms with Gasteiger partial charge in [0, 0.05) is 34.1 Å². The molecule has 2 bridgehead atoms. The Morgan fingerprint density at radius 1 is 1.29 bits per heavy atom. The molecule has 0 radical (unpaired) electrons. The average molecular weight is 492 g/mol. The number of halogens is 1. The maximum atomic E-state index is 15.8. The van der Waals surface area contributed by atoms with Gasteiger partial charge in [-0.1, -0.05) is 6.07 Å². The molecule has 2 saturated heterocycles. The predicted molar refractivity (Wildman–Crippen MR) is 131 cm³/mol. The molecular weight excluding hydrogens is 465 g/mol. The van der Waals surface area contributed by atoms with Crippen molar-refractivity contribution in [3.8, 4) is 33.6 Å². The lowest BCUT2D eigenvalue weighted by molar-refractivity contribution is 0.0383. The number of thiazole rings is 1. The summed E-state index contributed by atoms with van der Waals surface area (Å²) < 4.78 is 15.8. The zero-order valence-electron chi connectivity index (χ0n) is 19.4. The summed E-state index contributed by atoms with van der Waals surface area (Å²) in [7, 11) is 0. The van der Waals surface area contributed by atoms with E-state index in [2.05, 4.69) is 30.4 Å². The van der Waals surface area contributed by atoms with Crippen LogP contribution in [0.2, 0.25) is 0 Å². The zero-order chi connectivity index (χ0) is 24.2. The monoisotopic (exact) mass is 491 g/mol. The molecule has 2 aliphatic heterocycles. The standard InChI is InChI=1S/C25H26FN7OS/c1-25-8-2-3-15(30-25)10-20(22(25)26)33(17-5-6-17)24-28-12-19(31-32-24)18-7-4-14(9-21(18)34)23-29-16(11-27)13-35-23/h4,7,9,12-13,15,17,20,22,30,34H,2-3,5-6,8,10H2,1H3/t15?,20-,22-,25+/m0/s1. The first-order valence-corrected chi connectivity index (χ1v) is 12.9. The Hall–Kier alpha value is -3.16. The largest absolute Gasteiger partial charge is 0.507 e. The Kier molecular flexibility index (Phi) is 5.42. The van der Waals surface area contributed by atoms with E-state index in [0.717, 1.165) is 38.5 Å². The van der Waals surface area contributed by atoms with Crippen LogP contribution in [0.25, 0.3) is 21.8 Å². The Morgan fingerprint density at radius 3 is 2.83 bits per heavy atom. The number of rotatable bonds is 5. The van der Waals surface area contributed by atoms with Crippen molar-refractivity contribution in [2.24, 2.45) is 0 Å². The number of aromatic nitrogens is 4. The third-order valence-electron chi connectivity index (χ3n) is 7.47. The Bertz CT molecular complexity index is 1290. The van der Waals surface area contributed by atoms with Gasteiger partial charge in [-0.2, -0.15) is 5.26 Å². The number of nitriles is 1. The van der Waals surface area contributed by atoms with Crippen LogP contribution in [0.5, 0.6) is 5.75 Å². The highest BCUT2D eigenvalue weighted by atomic mass is 32.1. The van der Waals surface area contributed by atoms with Gasteiger partial charge in [0.2, 0.25) is 5.95 Å². The summed E-state index contributed by atoms with van der Waals surface area (Å²) in [5.41, 5.74) is 1.50. The molecule has 0 spiro atoms. The van der Waals surface area contributed by atoms with Crippen molar-refractivity contribution < 1.29 is 9.50 Å². The highest BCUT2D eigenvalue weighted by Gasteiger charge is 2.52. The molecule has 1 saturated carbocycles. The second-order valence-electron chi connectivity index (χ2n) is 10.0. The second-order valence-corrected chi connectivity index (χ2v) is 10.9. The van der Waals surface area contributed by atoms with Gasteiger partial charge in [0.1, 0.15) is 28.7 Å². The number of fused-ring (bicyclic) bond motifs is 2. The predicted octanol–water partition coefficient (Wildman–Crippen LogP) is 4.22. The van der Waals surface area contributed by atoms with E-state index in [1.807, 2.05) is 19.1 Å². The first kappa shape index (κ1) is 22.3. The number of benzene rings is 1. The number of anilines is 1. The van der Waals surface area contributed by atoms with Crippen LogP contribution in [0.3, 0.4) is 0 Å². The van der Waals surface area contributed by atoms with Crippen molar-refractivity contribution in [3.05, 3.63) is 35.5 Å². The molecule has 180 valence electrons. The number of piperidine rings is 2. The molecular formula is C25H26FN7OS. The van der Waals surface area contributed by atoms with Gasteiger partial charge in [0.05, 0.1) is 12.2 Å². The maximum Gasteiger partial charge on any atom is 0.245 e. The van der Waals surface area contributed by atoms with Crippen LogP contribution in [-0.4, -0.2) is 55.1 Å². The first-order chi connectivity index (χ1) is 16.9. The molecule has 3 fully saturated rings. The number of nitrogens with one attached hydrogen (secondary N) is 1. The van der Waals surface area contributed by atoms with Gasteiger partial charge in [-0.05, 0) is 57.6 Å². The summed E-state index contributed by atoms with van der Waals surface area (Å²) in [5, 5.41) is 34.3. The number of hydrogen-bond donors (Lipinski definition) is 2. The van der Waals surface area contributed by atoms with Crippen molar-refractivity contribution in [3.63, 3.8) is 0 Å². The van der Waals surface area contributed by atoms with Crippen LogP contribution in [0, 0.1) is 11.3 Å². The smallest absolute Gasteiger partial charge is 0.245 e. The number of nitrogens with zero attached hydrogens (tertiary/aromatic N) is 6. The lowest BCUT2D eigenvalue weighted by atomic mass is 9.73. The van der Waals surface area contributed by atoms with Crippen LogP contribution < -0.4 is 10.2 Å². The second kappa shape index (κ2) is 8.50. The summed E-state index contributed by atoms with van der Waals surface area (Å²) in [6.07, 6.45) is 6.32. The fourth-order valence-electron chi connectivity index (χ4n) is 5.60. The van der Waals surface area contributed by atoms with Crippen LogP contribution in [0.4, 0.5) is 10.3 Å². The lowest BCUT2D eigenvalue weighted by Crippen LogP contribution is -2.69. The summed E-state index contributed by atoms with van der Waals surface area (Å²) in [6, 6.07) is 7.48. The van der Waals surface area contributed by atoms with E-state index in [1.165, 1.54) is 11.3 Å². The summed E-state index contributed by atoms with van der Waals surface area (Å²) in [6.45, 7) is 2.00. The summed E-state index contributed by atoms with van der Waals surface area (Å²) in [4.78, 5) is 10.9. The third kappa shape index (κ3) is 4.02. The number of phenolic OH excluding ortho intramolecular Hbond substituents is 1. The van der Waals surface area contributed by atoms with Crippen LogP contribution in [0.15, 0.2) is 29.8 Å². The lowest BCUT2D eigenvalue weighted by Gasteiger charge is -2.52. The quantitative estimate of drug-likeness (QED) is 0.546. The van der Waals surface area contributed by atoms with E-state index in [1.54, 1.807) is 23.7 Å². The molecule has 35 heavy (non-hydrogen) atoms. The van der Waals surface area contributed by atoms with Gasteiger partial charge in [0.15, 0.2) is 5.69 Å². The van der Waals surface area contributed by atoms with Gasteiger partial charge < -0.3 is 15.3 Å². The molecule has 0 amide bonds. The molecule has 6 rings (SSSR count). The van der Waals surface area contributed by atoms with Gasteiger partial charge in [-0.3, -0.25) is 0 Å². The third-order valence-corrected chi connectivity index (χ3v) is 8.36. The fraction of sp³-hybridized carbons (Fsp3) is 0.480. The minimum atomic E-state index is -1.01. The van der Waals surface area contributed by atoms with Gasteiger partial charge >= 0.3 is 0 Å². The van der Waals surface area contributed by atoms with Gasteiger partial charge in [0.25, 0.3) is 0 Å². The Balaban J connectivity index is 1.26. The first-order valence-electron chi connectivity index (χ1n) is 12.0. The fourth-order valence-corrected chi connectivity index (χ4v) is 6.34. The molecule has 1 aromatic carbocycles. The summed E-state index contributed by atoms with van der Waals surface area (Å²) >= 11 is 1.34. The number of alkyl halides is 1. The highest BCUT2D eigenvalue weighted by Crippen LogP contribution is 2.42. The highest BCUT2D eigenvalue weighted by molar-refractivity contribution is 7.13. The molecule has 8 nitrogen and oxygen atoms in total. The Labute approximate surface area is 206 Å². The molecule has 2 aromatic heterocycles. The minimum absolute atomic E-state index is 0.0297. The normalized spacial score (nSPS) is 27.9. The van der Waals surface area contributed by atoms with Crippen LogP contribution in [-0.2, 0) is 0 Å². The molecule has 3 aromatic rings. The van der Waals surface area contributed by atoms with Crippen molar-refractivity contribution in [2.45, 2.75) is 75.3 Å². The van der Waals surface area contributed by atoms with Crippen LogP contribution >= 0.6 is 11.3 Å². The van der Waals surface area contributed by atoms with Gasteiger partial charge in [-0.25, -0.2) is 14.4 Å². The van der Waals surface area contributed by atoms with Crippen molar-refractivity contribution in [2.75, 3.05) is 4.90 Å². The van der Waals surface area contributed by atoms with Crippen molar-refractivity contribution >= 4 is 17.3 Å². The van der Waals surface area contributed by atoms with Crippen molar-refractivity contribution in [1.82, 2.24) is 25.5 Å². The molecule has 4 heterocycles. The van der Waals surface area contributed by atoms with E-state index >= 15 is 4.39 Å². The average Bonchev–Trinajstić information content (AvgIpc) is 3.57. The molecule has 1 unspecified atom stereocenters. The number of hydrogen-bond acceptors (Lipinski definition) is 9. The minimum Gasteiger partial charge on any atom is -0.507 e. The molecule has 2 N–H and O–H groups in total. The van der Waals surface area contributed by atoms with E-state index in [0.29, 0.717) is 39.5 Å². The zero-order valence-corrected chi connectivity index (χ0v) is 20.2. The molecule has 3 aliphatic rings. The van der Waals surface area contributed by atoms with E-state index in [-0.39, 0.29) is 17.8 Å². The maximum absolute atomic E-state index is 15.8. The number of aromatic hydroxyl groups is 1. The van der Waals surface area contributed by atoms with E-state index in [4.69, 9.17) is 5.26 Å².